The van der Waals surface area contributed by atoms with Gasteiger partial charge in [0.2, 0.25) is 5.91 Å². The van der Waals surface area contributed by atoms with Gasteiger partial charge in [0.25, 0.3) is 10.0 Å². The fourth-order valence-electron chi connectivity index (χ4n) is 3.42. The molecule has 2 aromatic rings. The van der Waals surface area contributed by atoms with E-state index in [2.05, 4.69) is 0 Å². The first kappa shape index (κ1) is 24.9. The van der Waals surface area contributed by atoms with Gasteiger partial charge in [0.05, 0.1) is 4.90 Å². The number of nitrogens with one attached hydrogen (secondary N) is 1. The predicted octanol–water partition coefficient (Wildman–Crippen LogP) is 2.12. The first-order valence-corrected chi connectivity index (χ1v) is 12.0. The summed E-state index contributed by atoms with van der Waals surface area (Å²) < 4.78 is 53.8. The lowest BCUT2D eigenvalue weighted by Gasteiger charge is -2.35. The molecule has 3 rings (SSSR count). The zero-order valence-electron chi connectivity index (χ0n) is 17.5. The molecule has 0 spiro atoms. The minimum Gasteiger partial charge on any atom is -0.339 e. The zero-order chi connectivity index (χ0) is 24.2. The minimum atomic E-state index is -4.06. The second-order valence-electron chi connectivity index (χ2n) is 7.64. The molecule has 1 aliphatic rings. The number of hydrogen-bond donors (Lipinski definition) is 2. The summed E-state index contributed by atoms with van der Waals surface area (Å²) in [6.07, 6.45) is -0.0760. The third kappa shape index (κ3) is 6.62. The third-order valence-corrected chi connectivity index (χ3v) is 6.78. The molecule has 0 unspecified atom stereocenters. The summed E-state index contributed by atoms with van der Waals surface area (Å²) in [5.74, 6) is -1.46. The lowest BCUT2D eigenvalue weighted by molar-refractivity contribution is -0.132. The molecule has 12 heteroatoms. The maximum absolute atomic E-state index is 13.8. The summed E-state index contributed by atoms with van der Waals surface area (Å²) in [6.45, 7) is 0.630. The number of amides is 3. The number of benzene rings is 2. The molecule has 0 radical (unpaired) electrons. The Morgan fingerprint density at radius 1 is 1.03 bits per heavy atom. The van der Waals surface area contributed by atoms with Gasteiger partial charge in [0.15, 0.2) is 0 Å². The summed E-state index contributed by atoms with van der Waals surface area (Å²) in [5, 5.41) is 0.363. The Kier molecular flexibility index (Phi) is 7.88. The fourth-order valence-corrected chi connectivity index (χ4v) is 4.52. The van der Waals surface area contributed by atoms with E-state index in [1.54, 1.807) is 0 Å². The topological polar surface area (TPSA) is 113 Å². The molecule has 1 fully saturated rings. The standard InChI is InChI=1S/C21H23ClF2N4O4S/c22-15-1-4-18(5-2-15)33(31,32)26-21(30)28-9-7-27(8-10-28)20(29)13-17(25)12-14-11-16(23)3-6-19(14)24/h1-6,11,17H,7-10,12-13,25H2,(H,26,30)/t17-/m1/s1. The smallest absolute Gasteiger partial charge is 0.331 e. The molecular formula is C21H23ClF2N4O4S. The molecule has 3 N–H and O–H groups in total. The van der Waals surface area contributed by atoms with Crippen LogP contribution in [0.4, 0.5) is 13.6 Å². The molecule has 0 bridgehead atoms. The molecule has 0 saturated carbocycles. The summed E-state index contributed by atoms with van der Waals surface area (Å²) >= 11 is 5.75. The second kappa shape index (κ2) is 10.4. The maximum atomic E-state index is 13.8. The summed E-state index contributed by atoms with van der Waals surface area (Å²) in [5.41, 5.74) is 6.05. The Labute approximate surface area is 195 Å². The van der Waals surface area contributed by atoms with Crippen LogP contribution in [0.2, 0.25) is 5.02 Å². The van der Waals surface area contributed by atoms with Crippen LogP contribution >= 0.6 is 11.6 Å². The molecule has 1 heterocycles. The van der Waals surface area contributed by atoms with Crippen molar-refractivity contribution in [3.63, 3.8) is 0 Å². The van der Waals surface area contributed by atoms with E-state index >= 15 is 0 Å². The lowest BCUT2D eigenvalue weighted by atomic mass is 10.0. The molecular weight excluding hydrogens is 478 g/mol. The summed E-state index contributed by atoms with van der Waals surface area (Å²) in [4.78, 5) is 27.6. The Morgan fingerprint density at radius 3 is 2.27 bits per heavy atom. The molecule has 178 valence electrons. The number of halogens is 3. The molecule has 1 atom stereocenters. The van der Waals surface area contributed by atoms with Gasteiger partial charge in [-0.1, -0.05) is 11.6 Å². The van der Waals surface area contributed by atoms with Crippen molar-refractivity contribution in [3.8, 4) is 0 Å². The van der Waals surface area contributed by atoms with Crippen molar-refractivity contribution in [2.24, 2.45) is 5.73 Å². The number of carbonyl (C=O) groups excluding carboxylic acids is 2. The molecule has 8 nitrogen and oxygen atoms in total. The van der Waals surface area contributed by atoms with Gasteiger partial charge in [-0.15, -0.1) is 0 Å². The van der Waals surface area contributed by atoms with Crippen LogP contribution in [-0.4, -0.2) is 62.4 Å². The van der Waals surface area contributed by atoms with E-state index in [0.717, 1.165) is 18.2 Å². The van der Waals surface area contributed by atoms with Crippen LogP contribution in [0.25, 0.3) is 0 Å². The van der Waals surface area contributed by atoms with E-state index in [1.807, 2.05) is 4.72 Å². The average Bonchev–Trinajstić information content (AvgIpc) is 2.76. The second-order valence-corrected chi connectivity index (χ2v) is 9.76. The van der Waals surface area contributed by atoms with Gasteiger partial charge in [0, 0.05) is 43.7 Å². The Morgan fingerprint density at radius 2 is 1.64 bits per heavy atom. The summed E-state index contributed by atoms with van der Waals surface area (Å²) in [6, 6.07) is 6.94. The van der Waals surface area contributed by atoms with Crippen LogP contribution in [0.3, 0.4) is 0 Å². The number of rotatable bonds is 6. The molecule has 3 amide bonds. The van der Waals surface area contributed by atoms with E-state index in [4.69, 9.17) is 17.3 Å². The van der Waals surface area contributed by atoms with Gasteiger partial charge in [-0.05, 0) is 54.4 Å². The molecule has 1 saturated heterocycles. The van der Waals surface area contributed by atoms with Crippen LogP contribution < -0.4 is 10.5 Å². The maximum Gasteiger partial charge on any atom is 0.331 e. The minimum absolute atomic E-state index is 0.000260. The number of carbonyl (C=O) groups is 2. The molecule has 2 aromatic carbocycles. The van der Waals surface area contributed by atoms with Crippen molar-refractivity contribution < 1.29 is 26.8 Å². The normalized spacial score (nSPS) is 15.3. The lowest BCUT2D eigenvalue weighted by Crippen LogP contribution is -2.54. The van der Waals surface area contributed by atoms with Gasteiger partial charge in [0.1, 0.15) is 11.6 Å². The van der Waals surface area contributed by atoms with Crippen molar-refractivity contribution >= 4 is 33.6 Å². The number of nitrogens with two attached hydrogens (primary N) is 1. The van der Waals surface area contributed by atoms with Crippen molar-refractivity contribution in [1.29, 1.82) is 0 Å². The van der Waals surface area contributed by atoms with E-state index in [-0.39, 0.29) is 55.4 Å². The van der Waals surface area contributed by atoms with Crippen molar-refractivity contribution in [1.82, 2.24) is 14.5 Å². The van der Waals surface area contributed by atoms with Crippen LogP contribution in [0.15, 0.2) is 47.4 Å². The van der Waals surface area contributed by atoms with Crippen LogP contribution in [0, 0.1) is 11.6 Å². The Hall–Kier alpha value is -2.76. The SMILES string of the molecule is N[C@@H](CC(=O)N1CCN(C(=O)NS(=O)(=O)c2ccc(Cl)cc2)CC1)Cc1cc(F)ccc1F. The van der Waals surface area contributed by atoms with Gasteiger partial charge in [-0.2, -0.15) is 0 Å². The van der Waals surface area contributed by atoms with E-state index in [0.29, 0.717) is 5.02 Å². The molecule has 0 aliphatic carbocycles. The highest BCUT2D eigenvalue weighted by Crippen LogP contribution is 2.16. The van der Waals surface area contributed by atoms with Gasteiger partial charge in [-0.3, -0.25) is 4.79 Å². The number of urea groups is 1. The van der Waals surface area contributed by atoms with Crippen molar-refractivity contribution in [2.75, 3.05) is 26.2 Å². The molecule has 1 aliphatic heterocycles. The van der Waals surface area contributed by atoms with E-state index in [1.165, 1.54) is 34.1 Å². The van der Waals surface area contributed by atoms with Crippen LogP contribution in [0.1, 0.15) is 12.0 Å². The van der Waals surface area contributed by atoms with E-state index in [9.17, 15) is 26.8 Å². The third-order valence-electron chi connectivity index (χ3n) is 5.19. The van der Waals surface area contributed by atoms with Crippen LogP contribution in [-0.2, 0) is 21.2 Å². The highest BCUT2D eigenvalue weighted by Gasteiger charge is 2.28. The fraction of sp³-hybridized carbons (Fsp3) is 0.333. The largest absolute Gasteiger partial charge is 0.339 e. The average molecular weight is 501 g/mol. The monoisotopic (exact) mass is 500 g/mol. The van der Waals surface area contributed by atoms with E-state index < -0.39 is 33.7 Å². The number of piperazine rings is 1. The first-order valence-electron chi connectivity index (χ1n) is 10.1. The Bertz CT molecular complexity index is 1120. The molecule has 0 aromatic heterocycles. The number of hydrogen-bond acceptors (Lipinski definition) is 5. The van der Waals surface area contributed by atoms with Crippen LogP contribution in [0.5, 0.6) is 0 Å². The summed E-state index contributed by atoms with van der Waals surface area (Å²) in [7, 11) is -4.06. The van der Waals surface area contributed by atoms with Gasteiger partial charge < -0.3 is 15.5 Å². The first-order chi connectivity index (χ1) is 15.5. The quantitative estimate of drug-likeness (QED) is 0.631. The van der Waals surface area contributed by atoms with Crippen molar-refractivity contribution in [2.45, 2.75) is 23.8 Å². The number of sulfonamides is 1. The Balaban J connectivity index is 1.49. The number of nitrogens with zero attached hydrogens (tertiary/aromatic N) is 2. The van der Waals surface area contributed by atoms with Crippen molar-refractivity contribution in [3.05, 3.63) is 64.7 Å². The highest BCUT2D eigenvalue weighted by molar-refractivity contribution is 7.90. The molecule has 33 heavy (non-hydrogen) atoms. The van der Waals surface area contributed by atoms with Gasteiger partial charge >= 0.3 is 6.03 Å². The zero-order valence-corrected chi connectivity index (χ0v) is 19.1. The highest BCUT2D eigenvalue weighted by atomic mass is 35.5. The predicted molar refractivity (Wildman–Crippen MR) is 118 cm³/mol. The van der Waals surface area contributed by atoms with Gasteiger partial charge in [-0.25, -0.2) is 26.7 Å².